The maximum absolute atomic E-state index is 12.9. The molecule has 2 aromatic rings. The summed E-state index contributed by atoms with van der Waals surface area (Å²) in [5.41, 5.74) is 11.3. The number of nitrogens with two attached hydrogens (primary N) is 1. The number of carbonyl (C=O) groups excluding carboxylic acids is 1. The van der Waals surface area contributed by atoms with Crippen molar-refractivity contribution >= 4 is 17.2 Å². The zero-order chi connectivity index (χ0) is 20.5. The lowest BCUT2D eigenvalue weighted by Gasteiger charge is -2.30. The van der Waals surface area contributed by atoms with Gasteiger partial charge in [-0.3, -0.25) is 4.79 Å². The van der Waals surface area contributed by atoms with E-state index >= 15 is 0 Å². The third-order valence-corrected chi connectivity index (χ3v) is 7.86. The summed E-state index contributed by atoms with van der Waals surface area (Å²) in [5, 5.41) is 0. The van der Waals surface area contributed by atoms with E-state index in [0.717, 1.165) is 29.8 Å². The molecule has 1 aromatic heterocycles. The molecule has 156 valence electrons. The molecular formula is C24H33N3OS. The first-order valence-corrected chi connectivity index (χ1v) is 11.7. The number of piperidine rings is 1. The number of nitrogens with zero attached hydrogens (tertiary/aromatic N) is 2. The molecule has 5 heteroatoms. The van der Waals surface area contributed by atoms with Crippen LogP contribution in [0.1, 0.15) is 58.5 Å². The van der Waals surface area contributed by atoms with Gasteiger partial charge in [-0.1, -0.05) is 25.1 Å². The molecule has 29 heavy (non-hydrogen) atoms. The molecule has 3 heterocycles. The van der Waals surface area contributed by atoms with Gasteiger partial charge in [0.15, 0.2) is 0 Å². The molecule has 4 rings (SSSR count). The second kappa shape index (κ2) is 8.58. The zero-order valence-corrected chi connectivity index (χ0v) is 18.7. The first-order chi connectivity index (χ1) is 14.0. The number of aryl methyl sites for hydroxylation is 2. The van der Waals surface area contributed by atoms with E-state index in [2.05, 4.69) is 50.1 Å². The Morgan fingerprint density at radius 3 is 2.59 bits per heavy atom. The molecule has 0 bridgehead atoms. The van der Waals surface area contributed by atoms with E-state index in [9.17, 15) is 4.79 Å². The lowest BCUT2D eigenvalue weighted by molar-refractivity contribution is 0.0795. The average Bonchev–Trinajstić information content (AvgIpc) is 3.33. The van der Waals surface area contributed by atoms with Crippen LogP contribution in [-0.2, 0) is 6.42 Å². The van der Waals surface area contributed by atoms with E-state index < -0.39 is 0 Å². The van der Waals surface area contributed by atoms with Gasteiger partial charge in [-0.25, -0.2) is 0 Å². The number of hydrogen-bond acceptors (Lipinski definition) is 4. The van der Waals surface area contributed by atoms with Gasteiger partial charge in [0.1, 0.15) is 0 Å². The predicted octanol–water partition coefficient (Wildman–Crippen LogP) is 4.27. The van der Waals surface area contributed by atoms with E-state index in [1.54, 1.807) is 11.3 Å². The van der Waals surface area contributed by atoms with Crippen LogP contribution in [0.3, 0.4) is 0 Å². The van der Waals surface area contributed by atoms with Crippen molar-refractivity contribution in [1.29, 1.82) is 0 Å². The Morgan fingerprint density at radius 2 is 1.93 bits per heavy atom. The zero-order valence-electron chi connectivity index (χ0n) is 17.9. The molecule has 0 aliphatic carbocycles. The van der Waals surface area contributed by atoms with E-state index in [-0.39, 0.29) is 11.9 Å². The van der Waals surface area contributed by atoms with Crippen LogP contribution in [0.2, 0.25) is 0 Å². The van der Waals surface area contributed by atoms with Gasteiger partial charge in [0, 0.05) is 24.0 Å². The number of benzene rings is 1. The van der Waals surface area contributed by atoms with Gasteiger partial charge in [-0.2, -0.15) is 0 Å². The SMILES string of the molecule is CCc1cc(-c2cc(C)c(C(=O)N3CC[C@H](N)C3)s2)ccc1C1CCN(C)CC1. The lowest BCUT2D eigenvalue weighted by Crippen LogP contribution is -2.31. The topological polar surface area (TPSA) is 49.6 Å². The molecule has 2 aliphatic rings. The van der Waals surface area contributed by atoms with Crippen molar-refractivity contribution in [2.75, 3.05) is 33.2 Å². The van der Waals surface area contributed by atoms with Gasteiger partial charge in [0.2, 0.25) is 0 Å². The maximum Gasteiger partial charge on any atom is 0.264 e. The molecule has 2 fully saturated rings. The molecule has 2 aliphatic heterocycles. The summed E-state index contributed by atoms with van der Waals surface area (Å²) < 4.78 is 0. The van der Waals surface area contributed by atoms with Crippen LogP contribution < -0.4 is 5.73 Å². The fraction of sp³-hybridized carbons (Fsp3) is 0.542. The van der Waals surface area contributed by atoms with Crippen molar-refractivity contribution in [2.24, 2.45) is 5.73 Å². The third kappa shape index (κ3) is 4.27. The number of amides is 1. The third-order valence-electron chi connectivity index (χ3n) is 6.59. The molecule has 2 N–H and O–H groups in total. The summed E-state index contributed by atoms with van der Waals surface area (Å²) in [6, 6.07) is 9.27. The van der Waals surface area contributed by atoms with Crippen LogP contribution in [0.5, 0.6) is 0 Å². The first kappa shape index (κ1) is 20.6. The number of likely N-dealkylation sites (tertiary alicyclic amines) is 2. The van der Waals surface area contributed by atoms with E-state index in [4.69, 9.17) is 5.73 Å². The van der Waals surface area contributed by atoms with Crippen molar-refractivity contribution in [3.8, 4) is 10.4 Å². The lowest BCUT2D eigenvalue weighted by atomic mass is 9.85. The quantitative estimate of drug-likeness (QED) is 0.817. The Balaban J connectivity index is 1.58. The van der Waals surface area contributed by atoms with E-state index in [1.807, 2.05) is 4.90 Å². The highest BCUT2D eigenvalue weighted by molar-refractivity contribution is 7.17. The summed E-state index contributed by atoms with van der Waals surface area (Å²) in [5.74, 6) is 0.821. The van der Waals surface area contributed by atoms with E-state index in [1.165, 1.54) is 47.5 Å². The Bertz CT molecular complexity index is 882. The van der Waals surface area contributed by atoms with Gasteiger partial charge in [0.05, 0.1) is 4.88 Å². The van der Waals surface area contributed by atoms with Crippen molar-refractivity contribution < 1.29 is 4.79 Å². The van der Waals surface area contributed by atoms with Gasteiger partial charge in [-0.15, -0.1) is 11.3 Å². The van der Waals surface area contributed by atoms with Crippen molar-refractivity contribution in [3.05, 3.63) is 45.8 Å². The molecule has 2 saturated heterocycles. The summed E-state index contributed by atoms with van der Waals surface area (Å²) >= 11 is 1.63. The molecule has 4 nitrogen and oxygen atoms in total. The van der Waals surface area contributed by atoms with Gasteiger partial charge in [0.25, 0.3) is 5.91 Å². The fourth-order valence-corrected chi connectivity index (χ4v) is 5.87. The second-order valence-electron chi connectivity index (χ2n) is 8.77. The Hall–Kier alpha value is -1.69. The van der Waals surface area contributed by atoms with Crippen molar-refractivity contribution in [3.63, 3.8) is 0 Å². The smallest absolute Gasteiger partial charge is 0.264 e. The molecule has 1 amide bonds. The highest BCUT2D eigenvalue weighted by Crippen LogP contribution is 2.36. The fourth-order valence-electron chi connectivity index (χ4n) is 4.74. The van der Waals surface area contributed by atoms with Gasteiger partial charge < -0.3 is 15.5 Å². The average molecular weight is 412 g/mol. The van der Waals surface area contributed by atoms with Crippen LogP contribution >= 0.6 is 11.3 Å². The number of carbonyl (C=O) groups is 1. The molecule has 1 atom stereocenters. The number of hydrogen-bond donors (Lipinski definition) is 1. The first-order valence-electron chi connectivity index (χ1n) is 10.9. The Morgan fingerprint density at radius 1 is 1.17 bits per heavy atom. The van der Waals surface area contributed by atoms with Crippen LogP contribution in [0.4, 0.5) is 0 Å². The Labute approximate surface area is 178 Å². The minimum absolute atomic E-state index is 0.123. The highest BCUT2D eigenvalue weighted by atomic mass is 32.1. The molecule has 0 radical (unpaired) electrons. The summed E-state index contributed by atoms with van der Waals surface area (Å²) in [4.78, 5) is 19.3. The van der Waals surface area contributed by atoms with Gasteiger partial charge in [-0.05, 0) is 87.0 Å². The predicted molar refractivity (Wildman–Crippen MR) is 122 cm³/mol. The molecule has 0 unspecified atom stereocenters. The second-order valence-corrected chi connectivity index (χ2v) is 9.82. The van der Waals surface area contributed by atoms with Crippen LogP contribution in [0.15, 0.2) is 24.3 Å². The van der Waals surface area contributed by atoms with Crippen LogP contribution in [0.25, 0.3) is 10.4 Å². The minimum Gasteiger partial charge on any atom is -0.336 e. The van der Waals surface area contributed by atoms with E-state index in [0.29, 0.717) is 12.5 Å². The Kier molecular flexibility index (Phi) is 6.09. The minimum atomic E-state index is 0.123. The summed E-state index contributed by atoms with van der Waals surface area (Å²) in [7, 11) is 2.22. The monoisotopic (exact) mass is 411 g/mol. The van der Waals surface area contributed by atoms with Crippen molar-refractivity contribution in [2.45, 2.75) is 51.5 Å². The largest absolute Gasteiger partial charge is 0.336 e. The van der Waals surface area contributed by atoms with Crippen LogP contribution in [-0.4, -0.2) is 55.0 Å². The van der Waals surface area contributed by atoms with Gasteiger partial charge >= 0.3 is 0 Å². The van der Waals surface area contributed by atoms with Crippen LogP contribution in [0, 0.1) is 6.92 Å². The molecule has 1 aromatic carbocycles. The normalized spacial score (nSPS) is 21.1. The highest BCUT2D eigenvalue weighted by Gasteiger charge is 2.27. The maximum atomic E-state index is 12.9. The molecule has 0 saturated carbocycles. The molecular weight excluding hydrogens is 378 g/mol. The summed E-state index contributed by atoms with van der Waals surface area (Å²) in [6.45, 7) is 8.13. The number of rotatable bonds is 4. The number of thiophene rings is 1. The molecule has 0 spiro atoms. The summed E-state index contributed by atoms with van der Waals surface area (Å²) in [6.07, 6.45) is 4.45. The van der Waals surface area contributed by atoms with Crippen molar-refractivity contribution in [1.82, 2.24) is 9.80 Å². The standard InChI is InChI=1S/C24H33N3OS/c1-4-17-14-19(5-6-21(17)18-7-10-26(3)11-8-18)22-13-16(2)23(29-22)24(28)27-12-9-20(25)15-27/h5-6,13-14,18,20H,4,7-12,15,25H2,1-3H3/t20-/m0/s1.